The molecule has 25 heavy (non-hydrogen) atoms. The molecular weight excluding hydrogens is 369 g/mol. The molecule has 0 spiro atoms. The van der Waals surface area contributed by atoms with Crippen molar-refractivity contribution in [3.8, 4) is 17.5 Å². The normalized spacial score (nSPS) is 11.7. The molecule has 0 unspecified atom stereocenters. The number of thiol groups is 1. The van der Waals surface area contributed by atoms with Crippen LogP contribution in [0.25, 0.3) is 22.4 Å². The first-order chi connectivity index (χ1) is 11.8. The van der Waals surface area contributed by atoms with Gasteiger partial charge in [0.1, 0.15) is 10.9 Å². The number of aryl methyl sites for hydroxylation is 1. The third-order valence-electron chi connectivity index (χ3n) is 3.55. The predicted octanol–water partition coefficient (Wildman–Crippen LogP) is 4.60. The van der Waals surface area contributed by atoms with Gasteiger partial charge in [0.15, 0.2) is 0 Å². The molecule has 1 aromatic carbocycles. The highest BCUT2D eigenvalue weighted by Crippen LogP contribution is 2.37. The number of nitriles is 1. The summed E-state index contributed by atoms with van der Waals surface area (Å²) in [7, 11) is 1.76. The molecular formula is C16H11F3N4S2. The molecule has 3 aromatic rings. The first kappa shape index (κ1) is 17.6. The van der Waals surface area contributed by atoms with Crippen LogP contribution in [0, 0.1) is 11.3 Å². The van der Waals surface area contributed by atoms with E-state index in [0.717, 1.165) is 11.1 Å². The first-order valence-corrected chi connectivity index (χ1v) is 8.32. The molecule has 4 nitrogen and oxygen atoms in total. The Hall–Kier alpha value is -2.18. The minimum atomic E-state index is -4.40. The van der Waals surface area contributed by atoms with Gasteiger partial charge in [0, 0.05) is 29.3 Å². The second-order valence-electron chi connectivity index (χ2n) is 5.24. The maximum atomic E-state index is 12.5. The molecule has 0 N–H and O–H groups in total. The molecule has 0 fully saturated rings. The van der Waals surface area contributed by atoms with Crippen molar-refractivity contribution in [3.05, 3.63) is 36.0 Å². The van der Waals surface area contributed by atoms with Crippen LogP contribution in [-0.4, -0.2) is 20.0 Å². The number of halogens is 3. The van der Waals surface area contributed by atoms with E-state index in [2.05, 4.69) is 28.7 Å². The summed E-state index contributed by atoms with van der Waals surface area (Å²) >= 11 is 4.18. The van der Waals surface area contributed by atoms with E-state index in [4.69, 9.17) is 5.26 Å². The zero-order chi connectivity index (χ0) is 18.2. The van der Waals surface area contributed by atoms with E-state index >= 15 is 0 Å². The minimum Gasteiger partial charge on any atom is -0.326 e. The number of hydrogen-bond donors (Lipinski definition) is 1. The zero-order valence-electron chi connectivity index (χ0n) is 12.9. The fourth-order valence-electron chi connectivity index (χ4n) is 2.45. The van der Waals surface area contributed by atoms with Crippen molar-refractivity contribution in [2.24, 2.45) is 7.05 Å². The summed E-state index contributed by atoms with van der Waals surface area (Å²) in [5.41, 5.74) is -1.79. The predicted molar refractivity (Wildman–Crippen MR) is 92.4 cm³/mol. The van der Waals surface area contributed by atoms with E-state index in [9.17, 15) is 13.2 Å². The average molecular weight is 380 g/mol. The number of hydrogen-bond acceptors (Lipinski definition) is 5. The lowest BCUT2D eigenvalue weighted by atomic mass is 10.1. The van der Waals surface area contributed by atoms with Gasteiger partial charge in [-0.15, -0.1) is 12.6 Å². The third kappa shape index (κ3) is 3.75. The molecule has 0 aliphatic rings. The van der Waals surface area contributed by atoms with Crippen molar-refractivity contribution in [1.29, 1.82) is 5.26 Å². The van der Waals surface area contributed by atoms with Gasteiger partial charge in [-0.25, -0.2) is 9.97 Å². The van der Waals surface area contributed by atoms with Crippen molar-refractivity contribution in [3.63, 3.8) is 0 Å². The van der Waals surface area contributed by atoms with Gasteiger partial charge in [-0.05, 0) is 23.8 Å². The molecule has 0 saturated carbocycles. The monoisotopic (exact) mass is 380 g/mol. The molecule has 128 valence electrons. The van der Waals surface area contributed by atoms with Gasteiger partial charge in [-0.2, -0.15) is 18.4 Å². The van der Waals surface area contributed by atoms with E-state index in [-0.39, 0.29) is 23.2 Å². The Kier molecular flexibility index (Phi) is 4.67. The number of alkyl halides is 3. The zero-order valence-corrected chi connectivity index (χ0v) is 14.6. The molecule has 0 saturated heterocycles. The fourth-order valence-corrected chi connectivity index (χ4v) is 3.31. The number of pyridine rings is 1. The second kappa shape index (κ2) is 6.61. The summed E-state index contributed by atoms with van der Waals surface area (Å²) in [6, 6.07) is 8.78. The highest BCUT2D eigenvalue weighted by Gasteiger charge is 2.30. The van der Waals surface area contributed by atoms with Crippen LogP contribution in [-0.2, 0) is 13.5 Å². The molecule has 3 rings (SSSR count). The molecule has 0 aliphatic heterocycles. The van der Waals surface area contributed by atoms with Gasteiger partial charge in [0.05, 0.1) is 29.7 Å². The number of fused-ring (bicyclic) bond motifs is 1. The summed E-state index contributed by atoms with van der Waals surface area (Å²) in [6.07, 6.45) is 1.65. The number of aromatic nitrogens is 3. The summed E-state index contributed by atoms with van der Waals surface area (Å²) in [5, 5.41) is 8.61. The quantitative estimate of drug-likeness (QED) is 0.533. The second-order valence-corrected chi connectivity index (χ2v) is 6.81. The lowest BCUT2D eigenvalue weighted by molar-refractivity contribution is -0.0329. The van der Waals surface area contributed by atoms with Gasteiger partial charge in [0.2, 0.25) is 0 Å². The number of thioether (sulfide) groups is 1. The molecule has 0 aliphatic carbocycles. The topological polar surface area (TPSA) is 54.5 Å². The molecule has 0 atom stereocenters. The van der Waals surface area contributed by atoms with Crippen LogP contribution in [0.4, 0.5) is 13.2 Å². The molecule has 0 radical (unpaired) electrons. The summed E-state index contributed by atoms with van der Waals surface area (Å²) in [5.74, 6) is 0.569. The summed E-state index contributed by atoms with van der Waals surface area (Å²) < 4.78 is 39.3. The average Bonchev–Trinajstić information content (AvgIpc) is 2.82. The van der Waals surface area contributed by atoms with Gasteiger partial charge in [-0.1, -0.05) is 6.07 Å². The summed E-state index contributed by atoms with van der Waals surface area (Å²) in [4.78, 5) is 8.93. The van der Waals surface area contributed by atoms with Crippen molar-refractivity contribution in [1.82, 2.24) is 14.5 Å². The maximum absolute atomic E-state index is 12.5. The lowest BCUT2D eigenvalue weighted by Crippen LogP contribution is -2.00. The number of rotatable bonds is 3. The van der Waals surface area contributed by atoms with E-state index in [1.54, 1.807) is 29.8 Å². The Morgan fingerprint density at radius 3 is 2.72 bits per heavy atom. The van der Waals surface area contributed by atoms with Crippen LogP contribution in [0.1, 0.15) is 5.56 Å². The molecule has 0 amide bonds. The van der Waals surface area contributed by atoms with Gasteiger partial charge < -0.3 is 4.57 Å². The Morgan fingerprint density at radius 2 is 2.08 bits per heavy atom. The molecule has 0 bridgehead atoms. The van der Waals surface area contributed by atoms with Crippen LogP contribution in [0.5, 0.6) is 0 Å². The Labute approximate surface area is 151 Å². The van der Waals surface area contributed by atoms with Gasteiger partial charge >= 0.3 is 5.51 Å². The fraction of sp³-hybridized carbons (Fsp3) is 0.188. The van der Waals surface area contributed by atoms with E-state index in [0.29, 0.717) is 21.8 Å². The van der Waals surface area contributed by atoms with E-state index in [1.165, 1.54) is 12.3 Å². The Balaban J connectivity index is 2.06. The maximum Gasteiger partial charge on any atom is 0.447 e. The van der Waals surface area contributed by atoms with Crippen LogP contribution in [0.2, 0.25) is 0 Å². The highest BCUT2D eigenvalue weighted by atomic mass is 32.2. The van der Waals surface area contributed by atoms with Crippen LogP contribution in [0.3, 0.4) is 0 Å². The minimum absolute atomic E-state index is 0.153. The van der Waals surface area contributed by atoms with Crippen LogP contribution in [0.15, 0.2) is 40.4 Å². The van der Waals surface area contributed by atoms with Gasteiger partial charge in [-0.3, -0.25) is 0 Å². The first-order valence-electron chi connectivity index (χ1n) is 7.06. The van der Waals surface area contributed by atoms with Crippen molar-refractivity contribution >= 4 is 35.4 Å². The largest absolute Gasteiger partial charge is 0.447 e. The van der Waals surface area contributed by atoms with Crippen molar-refractivity contribution in [2.75, 3.05) is 0 Å². The Morgan fingerprint density at radius 1 is 1.32 bits per heavy atom. The van der Waals surface area contributed by atoms with Gasteiger partial charge in [0.25, 0.3) is 0 Å². The lowest BCUT2D eigenvalue weighted by Gasteiger charge is -2.07. The third-order valence-corrected chi connectivity index (χ3v) is 4.58. The van der Waals surface area contributed by atoms with E-state index < -0.39 is 5.51 Å². The molecule has 2 heterocycles. The van der Waals surface area contributed by atoms with Crippen molar-refractivity contribution < 1.29 is 13.2 Å². The summed E-state index contributed by atoms with van der Waals surface area (Å²) in [6.45, 7) is 0. The van der Waals surface area contributed by atoms with E-state index in [1.807, 2.05) is 0 Å². The number of benzene rings is 1. The molecule has 9 heteroatoms. The Bertz CT molecular complexity index is 989. The standard InChI is InChI=1S/C16H11F3N4S2/c1-23-12-8-21-14(25-16(17,18)19)7-11(12)22-15(23)10-3-2-9(4-5-20)6-13(10)24/h2-3,6-8,24H,4H2,1H3. The van der Waals surface area contributed by atoms with Crippen LogP contribution < -0.4 is 0 Å². The highest BCUT2D eigenvalue weighted by molar-refractivity contribution is 8.00. The molecule has 2 aromatic heterocycles. The van der Waals surface area contributed by atoms with Crippen LogP contribution >= 0.6 is 24.4 Å². The number of imidazole rings is 1. The SMILES string of the molecule is Cn1c(-c2ccc(CC#N)cc2S)nc2cc(SC(F)(F)F)ncc21. The number of nitrogens with zero attached hydrogens (tertiary/aromatic N) is 4. The smallest absolute Gasteiger partial charge is 0.326 e. The van der Waals surface area contributed by atoms with Crippen molar-refractivity contribution in [2.45, 2.75) is 21.9 Å².